The maximum absolute atomic E-state index is 12.2. The highest BCUT2D eigenvalue weighted by atomic mass is 79.9. The Kier molecular flexibility index (Phi) is 6.58. The van der Waals surface area contributed by atoms with Gasteiger partial charge in [-0.3, -0.25) is 25.8 Å². The van der Waals surface area contributed by atoms with Crippen LogP contribution in [0.3, 0.4) is 0 Å². The van der Waals surface area contributed by atoms with Crippen LogP contribution in [0.2, 0.25) is 0 Å². The molecule has 154 valence electrons. The minimum absolute atomic E-state index is 0.200. The second-order valence-electron chi connectivity index (χ2n) is 6.54. The fraction of sp³-hybridized carbons (Fsp3) is 0.150. The fourth-order valence-corrected chi connectivity index (χ4v) is 2.78. The molecule has 0 atom stereocenters. The number of amides is 1. The minimum atomic E-state index is -0.675. The quantitative estimate of drug-likeness (QED) is 0.374. The monoisotopic (exact) mass is 471 g/mol. The van der Waals surface area contributed by atoms with Crippen LogP contribution in [-0.4, -0.2) is 20.8 Å². The highest BCUT2D eigenvalue weighted by molar-refractivity contribution is 9.10. The minimum Gasteiger partial charge on any atom is -0.434 e. The van der Waals surface area contributed by atoms with Crippen LogP contribution in [0, 0.1) is 10.1 Å². The molecule has 0 bridgehead atoms. The zero-order valence-electron chi connectivity index (χ0n) is 16.1. The van der Waals surface area contributed by atoms with Crippen molar-refractivity contribution in [1.29, 1.82) is 0 Å². The maximum Gasteiger partial charge on any atom is 0.374 e. The van der Waals surface area contributed by atoms with Gasteiger partial charge >= 0.3 is 11.6 Å². The van der Waals surface area contributed by atoms with Crippen molar-refractivity contribution in [1.82, 2.24) is 15.4 Å². The van der Waals surface area contributed by atoms with Gasteiger partial charge < -0.3 is 4.74 Å². The molecule has 3 rings (SSSR count). The Morgan fingerprint density at radius 1 is 1.10 bits per heavy atom. The van der Waals surface area contributed by atoms with Crippen molar-refractivity contribution in [2.24, 2.45) is 0 Å². The van der Waals surface area contributed by atoms with E-state index in [1.807, 2.05) is 12.1 Å². The molecule has 0 unspecified atom stereocenters. The molecular weight excluding hydrogens is 454 g/mol. The van der Waals surface area contributed by atoms with Crippen molar-refractivity contribution in [2.75, 3.05) is 5.43 Å². The first-order valence-electron chi connectivity index (χ1n) is 8.94. The van der Waals surface area contributed by atoms with Gasteiger partial charge in [0.25, 0.3) is 5.91 Å². The summed E-state index contributed by atoms with van der Waals surface area (Å²) in [6, 6.07) is 13.8. The number of anilines is 1. The zero-order chi connectivity index (χ0) is 21.7. The number of halogens is 1. The smallest absolute Gasteiger partial charge is 0.374 e. The number of rotatable bonds is 7. The summed E-state index contributed by atoms with van der Waals surface area (Å²) in [5, 5.41) is 11.6. The third kappa shape index (κ3) is 5.09. The van der Waals surface area contributed by atoms with Gasteiger partial charge in [0.2, 0.25) is 5.82 Å². The molecule has 0 fully saturated rings. The molecule has 0 aliphatic rings. The number of ether oxygens (including phenoxy) is 1. The summed E-state index contributed by atoms with van der Waals surface area (Å²) in [6.45, 7) is 4.12. The molecule has 0 radical (unpaired) electrons. The van der Waals surface area contributed by atoms with E-state index in [0.29, 0.717) is 17.2 Å². The van der Waals surface area contributed by atoms with E-state index < -0.39 is 16.5 Å². The molecule has 10 heteroatoms. The number of carbonyl (C=O) groups excluding carboxylic acids is 1. The number of hydrogen-bond donors (Lipinski definition) is 2. The third-order valence-electron chi connectivity index (χ3n) is 4.13. The van der Waals surface area contributed by atoms with Gasteiger partial charge in [0, 0.05) is 10.0 Å². The summed E-state index contributed by atoms with van der Waals surface area (Å²) in [4.78, 5) is 30.9. The third-order valence-corrected chi connectivity index (χ3v) is 4.66. The number of hydrogen-bond acceptors (Lipinski definition) is 7. The van der Waals surface area contributed by atoms with Gasteiger partial charge in [0.1, 0.15) is 12.1 Å². The first kappa shape index (κ1) is 21.2. The largest absolute Gasteiger partial charge is 0.434 e. The summed E-state index contributed by atoms with van der Waals surface area (Å²) in [6.07, 6.45) is 1.11. The van der Waals surface area contributed by atoms with E-state index in [1.165, 1.54) is 0 Å². The Morgan fingerprint density at radius 3 is 2.37 bits per heavy atom. The van der Waals surface area contributed by atoms with Crippen molar-refractivity contribution < 1.29 is 14.5 Å². The summed E-state index contributed by atoms with van der Waals surface area (Å²) in [5.41, 5.74) is 5.84. The van der Waals surface area contributed by atoms with Gasteiger partial charge in [0.05, 0.1) is 4.92 Å². The standard InChI is InChI=1S/C20H18BrN5O4/c1-12(2)13-5-9-16(10-6-13)30-20-17(26(28)29)18(22-11-23-20)24-25-19(27)14-3-7-15(21)8-4-14/h3-12H,1-2H3,(H,25,27)(H,22,23,24). The summed E-state index contributed by atoms with van der Waals surface area (Å²) < 4.78 is 6.42. The number of hydrazine groups is 1. The Hall–Kier alpha value is -3.53. The highest BCUT2D eigenvalue weighted by Gasteiger charge is 2.25. The van der Waals surface area contributed by atoms with Crippen molar-refractivity contribution in [2.45, 2.75) is 19.8 Å². The molecule has 2 aromatic carbocycles. The van der Waals surface area contributed by atoms with Crippen molar-refractivity contribution in [3.8, 4) is 11.6 Å². The van der Waals surface area contributed by atoms with Gasteiger partial charge in [-0.1, -0.05) is 41.9 Å². The highest BCUT2D eigenvalue weighted by Crippen LogP contribution is 2.34. The Morgan fingerprint density at radius 2 is 1.77 bits per heavy atom. The van der Waals surface area contributed by atoms with Crippen molar-refractivity contribution >= 4 is 33.3 Å². The SMILES string of the molecule is CC(C)c1ccc(Oc2ncnc(NNC(=O)c3ccc(Br)cc3)c2[N+](=O)[O-])cc1. The second kappa shape index (κ2) is 9.31. The summed E-state index contributed by atoms with van der Waals surface area (Å²) in [7, 11) is 0. The van der Waals surface area contributed by atoms with E-state index >= 15 is 0 Å². The van der Waals surface area contributed by atoms with Crippen LogP contribution in [0.4, 0.5) is 11.5 Å². The van der Waals surface area contributed by atoms with Gasteiger partial charge in [-0.2, -0.15) is 4.98 Å². The number of benzene rings is 2. The number of nitrogens with one attached hydrogen (secondary N) is 2. The van der Waals surface area contributed by atoms with Crippen LogP contribution < -0.4 is 15.6 Å². The van der Waals surface area contributed by atoms with Crippen LogP contribution in [0.5, 0.6) is 11.6 Å². The van der Waals surface area contributed by atoms with E-state index in [1.54, 1.807) is 36.4 Å². The van der Waals surface area contributed by atoms with Gasteiger partial charge in [-0.05, 0) is 47.9 Å². The molecule has 0 aliphatic heterocycles. The first-order valence-corrected chi connectivity index (χ1v) is 9.73. The van der Waals surface area contributed by atoms with Crippen molar-refractivity contribution in [3.63, 3.8) is 0 Å². The fourth-order valence-electron chi connectivity index (χ4n) is 2.52. The molecule has 0 aliphatic carbocycles. The van der Waals surface area contributed by atoms with E-state index in [-0.39, 0.29) is 11.7 Å². The van der Waals surface area contributed by atoms with E-state index in [2.05, 4.69) is 50.6 Å². The molecule has 1 aromatic heterocycles. The van der Waals surface area contributed by atoms with Crippen LogP contribution in [0.1, 0.15) is 35.7 Å². The molecule has 3 aromatic rings. The summed E-state index contributed by atoms with van der Waals surface area (Å²) >= 11 is 3.29. The number of aromatic nitrogens is 2. The maximum atomic E-state index is 12.2. The molecular formula is C20H18BrN5O4. The topological polar surface area (TPSA) is 119 Å². The first-order chi connectivity index (χ1) is 14.3. The van der Waals surface area contributed by atoms with Gasteiger partial charge in [-0.25, -0.2) is 4.98 Å². The Balaban J connectivity index is 1.79. The van der Waals surface area contributed by atoms with E-state index in [4.69, 9.17) is 4.74 Å². The number of carbonyl (C=O) groups is 1. The molecule has 9 nitrogen and oxygen atoms in total. The lowest BCUT2D eigenvalue weighted by Crippen LogP contribution is -2.30. The van der Waals surface area contributed by atoms with Gasteiger partial charge in [-0.15, -0.1) is 0 Å². The molecule has 0 saturated carbocycles. The van der Waals surface area contributed by atoms with Crippen molar-refractivity contribution in [3.05, 3.63) is 80.6 Å². The Bertz CT molecular complexity index is 1060. The molecule has 0 saturated heterocycles. The average Bonchev–Trinajstić information content (AvgIpc) is 2.72. The lowest BCUT2D eigenvalue weighted by molar-refractivity contribution is -0.385. The normalized spacial score (nSPS) is 10.5. The van der Waals surface area contributed by atoms with Crippen LogP contribution in [0.25, 0.3) is 0 Å². The van der Waals surface area contributed by atoms with E-state index in [9.17, 15) is 14.9 Å². The molecule has 30 heavy (non-hydrogen) atoms. The second-order valence-corrected chi connectivity index (χ2v) is 7.46. The molecule has 2 N–H and O–H groups in total. The van der Waals surface area contributed by atoms with Gasteiger partial charge in [0.15, 0.2) is 0 Å². The lowest BCUT2D eigenvalue weighted by Gasteiger charge is -2.11. The lowest BCUT2D eigenvalue weighted by atomic mass is 10.0. The number of nitrogens with zero attached hydrogens (tertiary/aromatic N) is 3. The van der Waals surface area contributed by atoms with Crippen LogP contribution in [0.15, 0.2) is 59.3 Å². The summed E-state index contributed by atoms with van der Waals surface area (Å²) in [5.74, 6) is -0.187. The van der Waals surface area contributed by atoms with Crippen LogP contribution in [-0.2, 0) is 0 Å². The zero-order valence-corrected chi connectivity index (χ0v) is 17.7. The van der Waals surface area contributed by atoms with E-state index in [0.717, 1.165) is 16.4 Å². The Labute approximate surface area is 180 Å². The number of nitro groups is 1. The molecule has 1 amide bonds. The predicted octanol–water partition coefficient (Wildman–Crippen LogP) is 4.82. The molecule has 0 spiro atoms. The molecule has 1 heterocycles. The van der Waals surface area contributed by atoms with Crippen LogP contribution >= 0.6 is 15.9 Å². The predicted molar refractivity (Wildman–Crippen MR) is 115 cm³/mol. The average molecular weight is 472 g/mol.